The van der Waals surface area contributed by atoms with Gasteiger partial charge in [0.25, 0.3) is 0 Å². The summed E-state index contributed by atoms with van der Waals surface area (Å²) < 4.78 is 38.5. The molecule has 2 radical (unpaired) electrons. The molecular weight excluding hydrogens is 416 g/mol. The van der Waals surface area contributed by atoms with E-state index in [9.17, 15) is 23.1 Å². The van der Waals surface area contributed by atoms with Gasteiger partial charge < -0.3 is 16.2 Å². The Kier molecular flexibility index (Phi) is 7.67. The first kappa shape index (κ1) is 24.3. The van der Waals surface area contributed by atoms with Crippen LogP contribution in [0.25, 0.3) is 11.1 Å². The van der Waals surface area contributed by atoms with E-state index in [0.29, 0.717) is 44.1 Å². The molecule has 3 rings (SSSR count). The number of hydrogen-bond acceptors (Lipinski definition) is 3. The first-order chi connectivity index (χ1) is 15.1. The lowest BCUT2D eigenvalue weighted by molar-refractivity contribution is -0.148. The van der Waals surface area contributed by atoms with Crippen molar-refractivity contribution in [3.05, 3.63) is 59.7 Å². The van der Waals surface area contributed by atoms with Crippen molar-refractivity contribution in [2.24, 2.45) is 11.7 Å². The second kappa shape index (κ2) is 10.1. The van der Waals surface area contributed by atoms with Crippen molar-refractivity contribution in [3.63, 3.8) is 0 Å². The molecule has 4 N–H and O–H groups in total. The molecule has 0 aliphatic heterocycles. The number of nitrogens with two attached hydrogens (primary N) is 1. The van der Waals surface area contributed by atoms with Crippen molar-refractivity contribution in [3.8, 4) is 11.1 Å². The SMILES string of the molecule is [B]CCCCC(N)(C(=O)O)C1CC(NCc2ccccc2-c2ccc(C(F)(F)F)cc2)C1. The van der Waals surface area contributed by atoms with E-state index in [1.165, 1.54) is 12.1 Å². The van der Waals surface area contributed by atoms with Crippen LogP contribution in [0.15, 0.2) is 48.5 Å². The number of rotatable bonds is 10. The molecule has 2 aromatic rings. The maximum atomic E-state index is 12.8. The van der Waals surface area contributed by atoms with Crippen LogP contribution in [0.5, 0.6) is 0 Å². The molecule has 1 atom stereocenters. The Hall–Kier alpha value is -2.32. The fraction of sp³-hybridized carbons (Fsp3) is 0.458. The smallest absolute Gasteiger partial charge is 0.416 e. The minimum absolute atomic E-state index is 0.0968. The summed E-state index contributed by atoms with van der Waals surface area (Å²) in [4.78, 5) is 11.8. The van der Waals surface area contributed by atoms with E-state index < -0.39 is 23.2 Å². The van der Waals surface area contributed by atoms with Gasteiger partial charge in [-0.05, 0) is 54.0 Å². The van der Waals surface area contributed by atoms with Crippen molar-refractivity contribution < 1.29 is 23.1 Å². The Morgan fingerprint density at radius 2 is 1.75 bits per heavy atom. The van der Waals surface area contributed by atoms with Crippen molar-refractivity contribution in [2.45, 2.75) is 62.7 Å². The van der Waals surface area contributed by atoms with E-state index in [2.05, 4.69) is 5.32 Å². The highest BCUT2D eigenvalue weighted by atomic mass is 19.4. The summed E-state index contributed by atoms with van der Waals surface area (Å²) in [5, 5.41) is 13.1. The molecule has 0 saturated heterocycles. The van der Waals surface area contributed by atoms with E-state index >= 15 is 0 Å². The third-order valence-electron chi connectivity index (χ3n) is 6.43. The number of carboxylic acid groups (broad SMARTS) is 1. The van der Waals surface area contributed by atoms with Gasteiger partial charge in [-0.1, -0.05) is 55.6 Å². The normalized spacial score (nSPS) is 20.4. The number of unbranched alkanes of at least 4 members (excludes halogenated alkanes) is 1. The maximum absolute atomic E-state index is 12.8. The Balaban J connectivity index is 1.60. The molecule has 0 aromatic heterocycles. The zero-order valence-corrected chi connectivity index (χ0v) is 17.9. The topological polar surface area (TPSA) is 75.4 Å². The lowest BCUT2D eigenvalue weighted by Crippen LogP contribution is -2.61. The highest BCUT2D eigenvalue weighted by molar-refractivity contribution is 6.08. The summed E-state index contributed by atoms with van der Waals surface area (Å²) in [6.45, 7) is 0.534. The van der Waals surface area contributed by atoms with Crippen LogP contribution < -0.4 is 11.1 Å². The number of aliphatic carboxylic acids is 1. The molecule has 1 unspecified atom stereocenters. The largest absolute Gasteiger partial charge is 0.480 e. The number of alkyl halides is 3. The molecule has 8 heteroatoms. The molecular formula is C24H28BF3N2O2. The average Bonchev–Trinajstić information content (AvgIpc) is 2.72. The van der Waals surface area contributed by atoms with Gasteiger partial charge in [0.2, 0.25) is 0 Å². The average molecular weight is 444 g/mol. The summed E-state index contributed by atoms with van der Waals surface area (Å²) in [5.74, 6) is -1.06. The van der Waals surface area contributed by atoms with Gasteiger partial charge in [0.05, 0.1) is 13.4 Å². The van der Waals surface area contributed by atoms with Crippen molar-refractivity contribution in [1.82, 2.24) is 5.32 Å². The van der Waals surface area contributed by atoms with Crippen LogP contribution in [0.3, 0.4) is 0 Å². The number of carbonyl (C=O) groups is 1. The standard InChI is InChI=1S/C24H28BF3N2O2/c25-12-4-3-11-23(29,22(31)32)19-13-20(14-19)30-15-17-5-1-2-6-21(17)16-7-9-18(10-8-16)24(26,27)28/h1-2,5-10,19-20,30H,3-4,11-15,29H2,(H,31,32). The third-order valence-corrected chi connectivity index (χ3v) is 6.43. The van der Waals surface area contributed by atoms with E-state index in [4.69, 9.17) is 13.6 Å². The van der Waals surface area contributed by atoms with Gasteiger partial charge in [0.1, 0.15) is 5.54 Å². The third kappa shape index (κ3) is 5.53. The lowest BCUT2D eigenvalue weighted by Gasteiger charge is -2.45. The predicted molar refractivity (Wildman–Crippen MR) is 119 cm³/mol. The first-order valence-corrected chi connectivity index (χ1v) is 10.9. The molecule has 1 aliphatic carbocycles. The summed E-state index contributed by atoms with van der Waals surface area (Å²) in [6, 6.07) is 12.9. The van der Waals surface area contributed by atoms with Crippen LogP contribution >= 0.6 is 0 Å². The highest BCUT2D eigenvalue weighted by Gasteiger charge is 2.47. The van der Waals surface area contributed by atoms with E-state index in [-0.39, 0.29) is 12.0 Å². The maximum Gasteiger partial charge on any atom is 0.416 e. The quantitative estimate of drug-likeness (QED) is 0.364. The Bertz CT molecular complexity index is 914. The zero-order valence-electron chi connectivity index (χ0n) is 17.9. The van der Waals surface area contributed by atoms with Crippen molar-refractivity contribution in [2.75, 3.05) is 0 Å². The lowest BCUT2D eigenvalue weighted by atomic mass is 9.66. The Labute approximate surface area is 187 Å². The zero-order chi connectivity index (χ0) is 23.4. The summed E-state index contributed by atoms with van der Waals surface area (Å²) in [5.41, 5.74) is 6.90. The van der Waals surface area contributed by atoms with Crippen LogP contribution in [0.4, 0.5) is 13.2 Å². The van der Waals surface area contributed by atoms with Crippen LogP contribution in [-0.2, 0) is 17.5 Å². The predicted octanol–water partition coefficient (Wildman–Crippen LogP) is 4.78. The molecule has 1 aliphatic rings. The molecule has 2 aromatic carbocycles. The molecule has 4 nitrogen and oxygen atoms in total. The molecule has 32 heavy (non-hydrogen) atoms. The number of benzene rings is 2. The van der Waals surface area contributed by atoms with Gasteiger partial charge in [-0.25, -0.2) is 0 Å². The Morgan fingerprint density at radius 1 is 1.09 bits per heavy atom. The molecule has 0 heterocycles. The highest BCUT2D eigenvalue weighted by Crippen LogP contribution is 2.39. The van der Waals surface area contributed by atoms with Gasteiger partial charge in [-0.3, -0.25) is 4.79 Å². The van der Waals surface area contributed by atoms with Gasteiger partial charge in [0.15, 0.2) is 0 Å². The summed E-state index contributed by atoms with van der Waals surface area (Å²) >= 11 is 0. The van der Waals surface area contributed by atoms with Gasteiger partial charge in [-0.15, -0.1) is 0 Å². The molecule has 170 valence electrons. The fourth-order valence-electron chi connectivity index (χ4n) is 4.30. The summed E-state index contributed by atoms with van der Waals surface area (Å²) in [6.07, 6.45) is -0.646. The molecule has 0 amide bonds. The first-order valence-electron chi connectivity index (χ1n) is 10.9. The van der Waals surface area contributed by atoms with Crippen LogP contribution in [0.1, 0.15) is 43.2 Å². The second-order valence-electron chi connectivity index (χ2n) is 8.57. The second-order valence-corrected chi connectivity index (χ2v) is 8.57. The van der Waals surface area contributed by atoms with Gasteiger partial charge in [0, 0.05) is 12.6 Å². The molecule has 0 bridgehead atoms. The monoisotopic (exact) mass is 444 g/mol. The number of carboxylic acids is 1. The molecule has 1 fully saturated rings. The molecule has 0 spiro atoms. The number of hydrogen-bond donors (Lipinski definition) is 3. The van der Waals surface area contributed by atoms with E-state index in [1.807, 2.05) is 24.3 Å². The van der Waals surface area contributed by atoms with E-state index in [0.717, 1.165) is 29.7 Å². The van der Waals surface area contributed by atoms with Crippen LogP contribution in [-0.4, -0.2) is 30.5 Å². The van der Waals surface area contributed by atoms with Crippen molar-refractivity contribution in [1.29, 1.82) is 0 Å². The van der Waals surface area contributed by atoms with Gasteiger partial charge >= 0.3 is 12.1 Å². The summed E-state index contributed by atoms with van der Waals surface area (Å²) in [7, 11) is 5.51. The minimum atomic E-state index is -4.36. The minimum Gasteiger partial charge on any atom is -0.480 e. The molecule has 1 saturated carbocycles. The number of halogens is 3. The van der Waals surface area contributed by atoms with Crippen molar-refractivity contribution >= 4 is 13.8 Å². The Morgan fingerprint density at radius 3 is 2.34 bits per heavy atom. The number of nitrogens with one attached hydrogen (secondary N) is 1. The van der Waals surface area contributed by atoms with Crippen LogP contribution in [0.2, 0.25) is 6.32 Å². The van der Waals surface area contributed by atoms with Crippen LogP contribution in [0, 0.1) is 5.92 Å². The fourth-order valence-corrected chi connectivity index (χ4v) is 4.30. The van der Waals surface area contributed by atoms with E-state index in [1.54, 1.807) is 0 Å². The van der Waals surface area contributed by atoms with Gasteiger partial charge in [-0.2, -0.15) is 13.2 Å².